The van der Waals surface area contributed by atoms with Gasteiger partial charge in [-0.3, -0.25) is 4.79 Å². The molecule has 0 aliphatic carbocycles. The van der Waals surface area contributed by atoms with Crippen LogP contribution in [0.25, 0.3) is 0 Å². The van der Waals surface area contributed by atoms with E-state index >= 15 is 0 Å². The van der Waals surface area contributed by atoms with E-state index in [4.69, 9.17) is 16.3 Å². The summed E-state index contributed by atoms with van der Waals surface area (Å²) in [7, 11) is 0. The average Bonchev–Trinajstić information content (AvgIpc) is 2.48. The summed E-state index contributed by atoms with van der Waals surface area (Å²) in [6, 6.07) is 7.59. The molecule has 0 fully saturated rings. The lowest BCUT2D eigenvalue weighted by atomic mass is 9.73. The van der Waals surface area contributed by atoms with Crippen LogP contribution in [0.2, 0.25) is 5.02 Å². The van der Waals surface area contributed by atoms with Crippen LogP contribution in [0.5, 0.6) is 0 Å². The van der Waals surface area contributed by atoms with Gasteiger partial charge >= 0.3 is 0 Å². The van der Waals surface area contributed by atoms with Crippen molar-refractivity contribution in [3.63, 3.8) is 0 Å². The Kier molecular flexibility index (Phi) is 3.75. The Bertz CT molecular complexity index is 769. The molecule has 1 aromatic heterocycles. The summed E-state index contributed by atoms with van der Waals surface area (Å²) in [5.74, 6) is 0. The Labute approximate surface area is 134 Å². The lowest BCUT2D eigenvalue weighted by Gasteiger charge is -2.38. The molecular formula is C17H19ClN2O2. The monoisotopic (exact) mass is 318 g/mol. The van der Waals surface area contributed by atoms with E-state index in [0.29, 0.717) is 17.3 Å². The van der Waals surface area contributed by atoms with Crippen molar-refractivity contribution in [3.8, 4) is 0 Å². The highest BCUT2D eigenvalue weighted by atomic mass is 35.5. The molecule has 1 aliphatic rings. The van der Waals surface area contributed by atoms with Gasteiger partial charge in [0.25, 0.3) is 5.56 Å². The highest BCUT2D eigenvalue weighted by molar-refractivity contribution is 6.30. The van der Waals surface area contributed by atoms with Gasteiger partial charge in [-0.2, -0.15) is 0 Å². The molecule has 0 bridgehead atoms. The molecule has 2 aromatic rings. The van der Waals surface area contributed by atoms with Crippen LogP contribution in [-0.4, -0.2) is 17.7 Å². The molecule has 0 saturated heterocycles. The van der Waals surface area contributed by atoms with Crippen molar-refractivity contribution in [1.29, 1.82) is 0 Å². The number of halogens is 1. The van der Waals surface area contributed by atoms with Gasteiger partial charge < -0.3 is 15.0 Å². The lowest BCUT2D eigenvalue weighted by Crippen LogP contribution is -2.37. The number of aromatic nitrogens is 1. The maximum Gasteiger partial charge on any atom is 0.271 e. The molecule has 2 heterocycles. The molecule has 0 radical (unpaired) electrons. The minimum absolute atomic E-state index is 0.111. The minimum atomic E-state index is -0.431. The maximum atomic E-state index is 12.2. The number of pyridine rings is 1. The number of ether oxygens (including phenoxy) is 1. The number of rotatable bonds is 3. The first-order chi connectivity index (χ1) is 10.4. The number of hydrogen-bond acceptors (Lipinski definition) is 3. The molecule has 1 atom stereocenters. The molecule has 116 valence electrons. The summed E-state index contributed by atoms with van der Waals surface area (Å²) < 4.78 is 5.89. The number of anilines is 2. The molecule has 1 aliphatic heterocycles. The first kappa shape index (κ1) is 15.1. The fraction of sp³-hybridized carbons (Fsp3) is 0.353. The van der Waals surface area contributed by atoms with E-state index in [1.807, 2.05) is 38.1 Å². The number of aromatic amines is 1. The molecule has 0 saturated carbocycles. The smallest absolute Gasteiger partial charge is 0.271 e. The number of H-pyrrole nitrogens is 1. The van der Waals surface area contributed by atoms with Gasteiger partial charge in [-0.25, -0.2) is 0 Å². The Morgan fingerprint density at radius 2 is 2.05 bits per heavy atom. The van der Waals surface area contributed by atoms with E-state index in [-0.39, 0.29) is 11.7 Å². The number of nitrogens with one attached hydrogen (secondary N) is 2. The third kappa shape index (κ3) is 2.42. The van der Waals surface area contributed by atoms with Crippen molar-refractivity contribution in [2.24, 2.45) is 0 Å². The Balaban J connectivity index is 2.21. The molecular weight excluding hydrogens is 300 g/mol. The van der Waals surface area contributed by atoms with Gasteiger partial charge in [-0.1, -0.05) is 11.6 Å². The predicted molar refractivity (Wildman–Crippen MR) is 89.3 cm³/mol. The second kappa shape index (κ2) is 5.45. The van der Waals surface area contributed by atoms with Gasteiger partial charge in [0.1, 0.15) is 5.69 Å². The Morgan fingerprint density at radius 3 is 2.77 bits per heavy atom. The molecule has 4 nitrogen and oxygen atoms in total. The molecule has 1 unspecified atom stereocenters. The summed E-state index contributed by atoms with van der Waals surface area (Å²) in [6.07, 6.45) is 1.78. The third-order valence-electron chi connectivity index (χ3n) is 4.10. The van der Waals surface area contributed by atoms with Gasteiger partial charge in [-0.15, -0.1) is 0 Å². The third-order valence-corrected chi connectivity index (χ3v) is 4.33. The second-order valence-corrected chi connectivity index (χ2v) is 6.54. The first-order valence-corrected chi connectivity index (χ1v) is 7.70. The molecule has 2 N–H and O–H groups in total. The summed E-state index contributed by atoms with van der Waals surface area (Å²) >= 11 is 6.19. The van der Waals surface area contributed by atoms with Crippen LogP contribution in [0.1, 0.15) is 31.9 Å². The van der Waals surface area contributed by atoms with E-state index in [0.717, 1.165) is 16.8 Å². The van der Waals surface area contributed by atoms with E-state index in [1.165, 1.54) is 0 Å². The normalized spacial score (nSPS) is 19.5. The minimum Gasteiger partial charge on any atom is -0.378 e. The number of hydrogen-bond donors (Lipinski definition) is 2. The van der Waals surface area contributed by atoms with Crippen molar-refractivity contribution < 1.29 is 4.74 Å². The molecule has 22 heavy (non-hydrogen) atoms. The van der Waals surface area contributed by atoms with Crippen LogP contribution in [0.15, 0.2) is 35.3 Å². The van der Waals surface area contributed by atoms with Crippen LogP contribution in [0, 0.1) is 0 Å². The van der Waals surface area contributed by atoms with Crippen LogP contribution < -0.4 is 10.9 Å². The predicted octanol–water partition coefficient (Wildman–Crippen LogP) is 3.82. The van der Waals surface area contributed by atoms with Crippen LogP contribution >= 0.6 is 11.6 Å². The second-order valence-electron chi connectivity index (χ2n) is 6.10. The lowest BCUT2D eigenvalue weighted by molar-refractivity contribution is 0.0526. The van der Waals surface area contributed by atoms with Gasteiger partial charge in [0.05, 0.1) is 12.7 Å². The zero-order chi connectivity index (χ0) is 15.9. The number of benzene rings is 1. The van der Waals surface area contributed by atoms with Crippen molar-refractivity contribution in [2.45, 2.75) is 32.3 Å². The topological polar surface area (TPSA) is 54.1 Å². The van der Waals surface area contributed by atoms with Crippen molar-refractivity contribution in [1.82, 2.24) is 4.98 Å². The molecule has 0 amide bonds. The fourth-order valence-corrected chi connectivity index (χ4v) is 3.09. The summed E-state index contributed by atoms with van der Waals surface area (Å²) in [6.45, 7) is 6.57. The van der Waals surface area contributed by atoms with Crippen LogP contribution in [-0.2, 0) is 10.2 Å². The largest absolute Gasteiger partial charge is 0.378 e. The van der Waals surface area contributed by atoms with E-state index < -0.39 is 5.41 Å². The van der Waals surface area contributed by atoms with Gasteiger partial charge in [-0.05, 0) is 56.2 Å². The molecule has 3 rings (SSSR count). The molecule has 1 aromatic carbocycles. The van der Waals surface area contributed by atoms with Crippen molar-refractivity contribution >= 4 is 23.0 Å². The van der Waals surface area contributed by atoms with Gasteiger partial charge in [0, 0.05) is 22.3 Å². The molecule has 5 heteroatoms. The maximum absolute atomic E-state index is 12.2. The summed E-state index contributed by atoms with van der Waals surface area (Å²) in [5, 5.41) is 3.89. The van der Waals surface area contributed by atoms with Gasteiger partial charge in [0.2, 0.25) is 0 Å². The fourth-order valence-electron chi connectivity index (χ4n) is 2.91. The van der Waals surface area contributed by atoms with Gasteiger partial charge in [0.15, 0.2) is 0 Å². The summed E-state index contributed by atoms with van der Waals surface area (Å²) in [5.41, 5.74) is 2.87. The first-order valence-electron chi connectivity index (χ1n) is 7.32. The molecule has 0 spiro atoms. The quantitative estimate of drug-likeness (QED) is 0.904. The van der Waals surface area contributed by atoms with Crippen molar-refractivity contribution in [2.75, 3.05) is 11.9 Å². The number of fused-ring (bicyclic) bond motifs is 2. The van der Waals surface area contributed by atoms with Crippen LogP contribution in [0.4, 0.5) is 11.4 Å². The average molecular weight is 319 g/mol. The van der Waals surface area contributed by atoms with E-state index in [1.54, 1.807) is 6.20 Å². The van der Waals surface area contributed by atoms with E-state index in [2.05, 4.69) is 17.2 Å². The Morgan fingerprint density at radius 1 is 1.27 bits per heavy atom. The standard InChI is InChI=1S/C17H19ClN2O2/c1-10(2)22-9-17(3)12-6-7-19-16(21)15(12)20-14-5-4-11(18)8-13(14)17/h4-8,10,20H,9H2,1-3H3,(H,19,21). The van der Waals surface area contributed by atoms with Crippen LogP contribution in [0.3, 0.4) is 0 Å². The summed E-state index contributed by atoms with van der Waals surface area (Å²) in [4.78, 5) is 14.9. The zero-order valence-electron chi connectivity index (χ0n) is 12.9. The van der Waals surface area contributed by atoms with Crippen molar-refractivity contribution in [3.05, 3.63) is 57.0 Å². The Hall–Kier alpha value is -1.78. The zero-order valence-corrected chi connectivity index (χ0v) is 13.6. The highest BCUT2D eigenvalue weighted by Gasteiger charge is 2.38. The van der Waals surface area contributed by atoms with E-state index in [9.17, 15) is 4.79 Å². The highest BCUT2D eigenvalue weighted by Crippen LogP contribution is 2.45. The SMILES string of the molecule is CC(C)OCC1(C)c2cc(Cl)ccc2Nc2c1cc[nH]c2=O.